The molecule has 0 unspecified atom stereocenters. The highest BCUT2D eigenvalue weighted by atomic mass is 79.9. The molecule has 0 atom stereocenters. The van der Waals surface area contributed by atoms with Gasteiger partial charge in [0.05, 0.1) is 10.7 Å². The molecule has 0 aliphatic rings. The summed E-state index contributed by atoms with van der Waals surface area (Å²) >= 11 is 3.29. The number of halogens is 1. The van der Waals surface area contributed by atoms with Gasteiger partial charge in [-0.15, -0.1) is 0 Å². The van der Waals surface area contributed by atoms with E-state index in [-0.39, 0.29) is 0 Å². The Morgan fingerprint density at radius 2 is 2.60 bits per heavy atom. The third kappa shape index (κ3) is 2.14. The van der Waals surface area contributed by atoms with Gasteiger partial charge in [-0.25, -0.2) is 0 Å². The van der Waals surface area contributed by atoms with Crippen molar-refractivity contribution in [1.82, 2.24) is 9.78 Å². The van der Waals surface area contributed by atoms with E-state index < -0.39 is 0 Å². The molecule has 0 saturated carbocycles. The molecule has 2 nitrogen and oxygen atoms in total. The van der Waals surface area contributed by atoms with Crippen molar-refractivity contribution in [2.75, 3.05) is 0 Å². The van der Waals surface area contributed by atoms with E-state index in [9.17, 15) is 0 Å². The van der Waals surface area contributed by atoms with Crippen LogP contribution in [0.1, 0.15) is 19.8 Å². The van der Waals surface area contributed by atoms with Gasteiger partial charge in [0.1, 0.15) is 6.20 Å². The SMILES string of the molecule is CCCCn1[c]c(Br)cn1. The second-order valence-electron chi connectivity index (χ2n) is 2.18. The molecule has 0 N–H and O–H groups in total. The molecule has 0 bridgehead atoms. The number of rotatable bonds is 3. The van der Waals surface area contributed by atoms with Crippen LogP contribution in [0.15, 0.2) is 10.7 Å². The molecule has 0 fully saturated rings. The average Bonchev–Trinajstić information content (AvgIpc) is 2.31. The van der Waals surface area contributed by atoms with Gasteiger partial charge in [-0.05, 0) is 22.4 Å². The van der Waals surface area contributed by atoms with Gasteiger partial charge in [0, 0.05) is 6.54 Å². The number of nitrogens with zero attached hydrogens (tertiary/aromatic N) is 2. The predicted octanol–water partition coefficient (Wildman–Crippen LogP) is 2.25. The topological polar surface area (TPSA) is 17.8 Å². The zero-order valence-electron chi connectivity index (χ0n) is 5.97. The lowest BCUT2D eigenvalue weighted by Gasteiger charge is -1.95. The summed E-state index contributed by atoms with van der Waals surface area (Å²) in [5.74, 6) is 0. The highest BCUT2D eigenvalue weighted by Gasteiger charge is 1.93. The van der Waals surface area contributed by atoms with Crippen LogP contribution in [0.5, 0.6) is 0 Å². The Kier molecular flexibility index (Phi) is 2.93. The number of aryl methyl sites for hydroxylation is 1. The lowest BCUT2D eigenvalue weighted by Crippen LogP contribution is -1.97. The summed E-state index contributed by atoms with van der Waals surface area (Å²) in [5, 5.41) is 4.07. The van der Waals surface area contributed by atoms with Crippen LogP contribution in [0.4, 0.5) is 0 Å². The summed E-state index contributed by atoms with van der Waals surface area (Å²) < 4.78 is 2.76. The van der Waals surface area contributed by atoms with E-state index in [2.05, 4.69) is 34.1 Å². The van der Waals surface area contributed by atoms with Gasteiger partial charge in [-0.2, -0.15) is 5.10 Å². The van der Waals surface area contributed by atoms with Crippen molar-refractivity contribution in [2.45, 2.75) is 26.3 Å². The lowest BCUT2D eigenvalue weighted by molar-refractivity contribution is 0.568. The van der Waals surface area contributed by atoms with Crippen molar-refractivity contribution in [3.8, 4) is 0 Å². The largest absolute Gasteiger partial charge is 0.262 e. The fraction of sp³-hybridized carbons (Fsp3) is 0.571. The molecule has 1 rings (SSSR count). The average molecular weight is 202 g/mol. The van der Waals surface area contributed by atoms with Crippen molar-refractivity contribution in [2.24, 2.45) is 0 Å². The maximum absolute atomic E-state index is 4.07. The Hall–Kier alpha value is -0.310. The van der Waals surface area contributed by atoms with E-state index >= 15 is 0 Å². The summed E-state index contributed by atoms with van der Waals surface area (Å²) in [6.45, 7) is 3.14. The van der Waals surface area contributed by atoms with Crippen molar-refractivity contribution < 1.29 is 0 Å². The minimum atomic E-state index is 0.934. The number of hydrogen-bond donors (Lipinski definition) is 0. The van der Waals surface area contributed by atoms with Crippen LogP contribution in [0.3, 0.4) is 0 Å². The molecule has 0 aromatic carbocycles. The molecule has 1 aromatic rings. The molecule has 10 heavy (non-hydrogen) atoms. The van der Waals surface area contributed by atoms with Gasteiger partial charge in [0.15, 0.2) is 0 Å². The summed E-state index contributed by atoms with van der Waals surface area (Å²) in [5.41, 5.74) is 0. The highest BCUT2D eigenvalue weighted by molar-refractivity contribution is 9.10. The molecule has 0 saturated heterocycles. The molecular formula is C7H10BrN2. The molecule has 3 heteroatoms. The molecule has 0 aliphatic heterocycles. The highest BCUT2D eigenvalue weighted by Crippen LogP contribution is 2.05. The first-order chi connectivity index (χ1) is 4.83. The minimum absolute atomic E-state index is 0.934. The second-order valence-corrected chi connectivity index (χ2v) is 3.04. The Morgan fingerprint density at radius 1 is 1.80 bits per heavy atom. The summed E-state index contributed by atoms with van der Waals surface area (Å²) in [6, 6.07) is 0. The molecule has 0 spiro atoms. The van der Waals surface area contributed by atoms with Crippen molar-refractivity contribution in [1.29, 1.82) is 0 Å². The van der Waals surface area contributed by atoms with Gasteiger partial charge < -0.3 is 0 Å². The smallest absolute Gasteiger partial charge is 0.102 e. The molecule has 1 radical (unpaired) electrons. The van der Waals surface area contributed by atoms with E-state index in [0.29, 0.717) is 0 Å². The quantitative estimate of drug-likeness (QED) is 0.734. The Balaban J connectivity index is 2.42. The normalized spacial score (nSPS) is 10.2. The van der Waals surface area contributed by atoms with Gasteiger partial charge in [-0.3, -0.25) is 4.68 Å². The van der Waals surface area contributed by atoms with E-state index in [4.69, 9.17) is 0 Å². The Morgan fingerprint density at radius 3 is 3.10 bits per heavy atom. The molecule has 0 amide bonds. The van der Waals surface area contributed by atoms with Crippen LogP contribution in [0.25, 0.3) is 0 Å². The Labute approximate surface area is 69.4 Å². The van der Waals surface area contributed by atoms with Gasteiger partial charge in [0.25, 0.3) is 0 Å². The van der Waals surface area contributed by atoms with Crippen molar-refractivity contribution in [3.05, 3.63) is 16.9 Å². The lowest BCUT2D eigenvalue weighted by atomic mass is 10.3. The zero-order chi connectivity index (χ0) is 7.40. The van der Waals surface area contributed by atoms with E-state index in [0.717, 1.165) is 11.0 Å². The number of hydrogen-bond acceptors (Lipinski definition) is 1. The third-order valence-electron chi connectivity index (χ3n) is 1.27. The fourth-order valence-corrected chi connectivity index (χ4v) is 1.02. The second kappa shape index (κ2) is 3.76. The standard InChI is InChI=1S/C7H10BrN2/c1-2-3-4-10-6-7(8)5-9-10/h5H,2-4H2,1H3. The van der Waals surface area contributed by atoms with Gasteiger partial charge >= 0.3 is 0 Å². The van der Waals surface area contributed by atoms with E-state index in [1.807, 2.05) is 4.68 Å². The summed E-state index contributed by atoms with van der Waals surface area (Å²) in [7, 11) is 0. The third-order valence-corrected chi connectivity index (χ3v) is 1.65. The zero-order valence-corrected chi connectivity index (χ0v) is 7.56. The fourth-order valence-electron chi connectivity index (χ4n) is 0.723. The van der Waals surface area contributed by atoms with Gasteiger partial charge in [-0.1, -0.05) is 13.3 Å². The summed E-state index contributed by atoms with van der Waals surface area (Å²) in [4.78, 5) is 0. The molecule has 55 valence electrons. The van der Waals surface area contributed by atoms with Crippen LogP contribution in [0.2, 0.25) is 0 Å². The van der Waals surface area contributed by atoms with E-state index in [1.54, 1.807) is 6.20 Å². The first-order valence-corrected chi connectivity index (χ1v) is 4.23. The molecular weight excluding hydrogens is 192 g/mol. The molecule has 1 heterocycles. The molecule has 1 aromatic heterocycles. The van der Waals surface area contributed by atoms with Gasteiger partial charge in [0.2, 0.25) is 0 Å². The predicted molar refractivity (Wildman–Crippen MR) is 43.7 cm³/mol. The maximum Gasteiger partial charge on any atom is 0.102 e. The van der Waals surface area contributed by atoms with E-state index in [1.165, 1.54) is 12.8 Å². The van der Waals surface area contributed by atoms with Crippen LogP contribution in [-0.4, -0.2) is 9.78 Å². The molecule has 0 aliphatic carbocycles. The number of aromatic nitrogens is 2. The number of unbranched alkanes of at least 4 members (excludes halogenated alkanes) is 1. The van der Waals surface area contributed by atoms with Crippen molar-refractivity contribution >= 4 is 15.9 Å². The maximum atomic E-state index is 4.07. The van der Waals surface area contributed by atoms with Crippen molar-refractivity contribution in [3.63, 3.8) is 0 Å². The minimum Gasteiger partial charge on any atom is -0.262 e. The monoisotopic (exact) mass is 201 g/mol. The first-order valence-electron chi connectivity index (χ1n) is 3.43. The van der Waals surface area contributed by atoms with Crippen LogP contribution >= 0.6 is 15.9 Å². The van der Waals surface area contributed by atoms with Crippen LogP contribution < -0.4 is 0 Å². The van der Waals surface area contributed by atoms with Crippen LogP contribution in [0, 0.1) is 6.20 Å². The Bertz CT molecular complexity index is 195. The first kappa shape index (κ1) is 7.79. The van der Waals surface area contributed by atoms with Crippen LogP contribution in [-0.2, 0) is 6.54 Å². The summed E-state index contributed by atoms with van der Waals surface area (Å²) in [6.07, 6.45) is 7.16.